The van der Waals surface area contributed by atoms with Gasteiger partial charge in [0, 0.05) is 54.1 Å². The third kappa shape index (κ3) is 3.77. The van der Waals surface area contributed by atoms with Crippen molar-refractivity contribution in [3.05, 3.63) is 40.2 Å². The molecule has 1 saturated heterocycles. The minimum atomic E-state index is -0.427. The topological polar surface area (TPSA) is 123 Å². The molecule has 1 aliphatic heterocycles. The summed E-state index contributed by atoms with van der Waals surface area (Å²) >= 11 is 1.32. The number of nitrogens with two attached hydrogens (primary N) is 2. The van der Waals surface area contributed by atoms with Crippen LogP contribution >= 0.6 is 11.3 Å². The van der Waals surface area contributed by atoms with Crippen LogP contribution in [-0.2, 0) is 12.8 Å². The van der Waals surface area contributed by atoms with Gasteiger partial charge in [-0.3, -0.25) is 9.18 Å². The Balaban J connectivity index is 1.28. The SMILES string of the molecule is Cc1ccc2c(N)c(C(=O)N[C@H]3CCc4nc(N5C[C@@H](CF)[C@@H](N)C5)ncc4C3)sc2n1. The molecule has 5 N–H and O–H groups in total. The van der Waals surface area contributed by atoms with E-state index in [9.17, 15) is 9.18 Å². The highest BCUT2D eigenvalue weighted by atomic mass is 32.1. The van der Waals surface area contributed by atoms with Gasteiger partial charge in [0.1, 0.15) is 9.71 Å². The van der Waals surface area contributed by atoms with Gasteiger partial charge in [-0.25, -0.2) is 15.0 Å². The fourth-order valence-electron chi connectivity index (χ4n) is 4.50. The molecule has 168 valence electrons. The molecule has 2 aliphatic rings. The van der Waals surface area contributed by atoms with Crippen LogP contribution in [0.15, 0.2) is 18.3 Å². The van der Waals surface area contributed by atoms with Crippen molar-refractivity contribution in [2.24, 2.45) is 11.7 Å². The Bertz CT molecular complexity index is 1180. The number of nitrogen functional groups attached to an aromatic ring is 1. The van der Waals surface area contributed by atoms with Crippen LogP contribution in [0.4, 0.5) is 16.0 Å². The Morgan fingerprint density at radius 2 is 2.19 bits per heavy atom. The molecule has 0 bridgehead atoms. The molecule has 0 unspecified atom stereocenters. The molecule has 3 aromatic heterocycles. The summed E-state index contributed by atoms with van der Waals surface area (Å²) in [5.41, 5.74) is 15.6. The number of carbonyl (C=O) groups is 1. The zero-order chi connectivity index (χ0) is 22.4. The first kappa shape index (κ1) is 21.0. The van der Waals surface area contributed by atoms with E-state index in [1.165, 1.54) is 11.3 Å². The maximum Gasteiger partial charge on any atom is 0.263 e. The van der Waals surface area contributed by atoms with E-state index in [2.05, 4.69) is 15.3 Å². The number of thiophene rings is 1. The van der Waals surface area contributed by atoms with Crippen LogP contribution in [0, 0.1) is 12.8 Å². The number of nitrogens with one attached hydrogen (secondary N) is 1. The van der Waals surface area contributed by atoms with Gasteiger partial charge in [0.05, 0.1) is 12.4 Å². The maximum absolute atomic E-state index is 13.1. The van der Waals surface area contributed by atoms with Gasteiger partial charge in [-0.2, -0.15) is 0 Å². The number of hydrogen-bond acceptors (Lipinski definition) is 8. The molecule has 1 amide bonds. The van der Waals surface area contributed by atoms with Gasteiger partial charge in [-0.05, 0) is 43.9 Å². The summed E-state index contributed by atoms with van der Waals surface area (Å²) in [7, 11) is 0. The zero-order valence-corrected chi connectivity index (χ0v) is 18.7. The summed E-state index contributed by atoms with van der Waals surface area (Å²) in [4.78, 5) is 29.9. The number of hydrogen-bond donors (Lipinski definition) is 3. The second-order valence-electron chi connectivity index (χ2n) is 8.69. The van der Waals surface area contributed by atoms with E-state index in [0.717, 1.165) is 40.0 Å². The van der Waals surface area contributed by atoms with Crippen molar-refractivity contribution >= 4 is 39.1 Å². The summed E-state index contributed by atoms with van der Waals surface area (Å²) in [5.74, 6) is 0.269. The van der Waals surface area contributed by atoms with Crippen molar-refractivity contribution in [1.29, 1.82) is 0 Å². The number of halogens is 1. The van der Waals surface area contributed by atoms with Gasteiger partial charge in [-0.15, -0.1) is 11.3 Å². The predicted octanol–water partition coefficient (Wildman–Crippen LogP) is 2.00. The minimum Gasteiger partial charge on any atom is -0.397 e. The molecular formula is C22H26FN7OS. The third-order valence-electron chi connectivity index (χ3n) is 6.38. The Morgan fingerprint density at radius 3 is 2.97 bits per heavy atom. The largest absolute Gasteiger partial charge is 0.397 e. The standard InChI is InChI=1S/C22H26FN7OS/c1-11-2-4-15-18(25)19(32-21(15)27-11)20(31)28-14-3-5-17-12(6-14)8-26-22(29-17)30-9-13(7-23)16(24)10-30/h2,4,8,13-14,16H,3,5-7,9-10,24-25H2,1H3,(H,28,31)/t13-,14+,16+/m1/s1. The van der Waals surface area contributed by atoms with Gasteiger partial charge >= 0.3 is 0 Å². The van der Waals surface area contributed by atoms with E-state index in [0.29, 0.717) is 36.0 Å². The Kier molecular flexibility index (Phi) is 5.42. The van der Waals surface area contributed by atoms with E-state index in [1.807, 2.05) is 30.2 Å². The van der Waals surface area contributed by atoms with Gasteiger partial charge in [0.25, 0.3) is 5.91 Å². The number of fused-ring (bicyclic) bond motifs is 2. The average molecular weight is 456 g/mol. The molecule has 10 heteroatoms. The molecule has 1 fully saturated rings. The van der Waals surface area contributed by atoms with E-state index in [-0.39, 0.29) is 23.9 Å². The lowest BCUT2D eigenvalue weighted by atomic mass is 9.93. The number of nitrogens with zero attached hydrogens (tertiary/aromatic N) is 4. The average Bonchev–Trinajstić information content (AvgIpc) is 3.32. The van der Waals surface area contributed by atoms with Crippen molar-refractivity contribution in [3.63, 3.8) is 0 Å². The minimum absolute atomic E-state index is 0.0140. The number of amides is 1. The van der Waals surface area contributed by atoms with Crippen molar-refractivity contribution in [2.45, 2.75) is 38.3 Å². The molecule has 1 aliphatic carbocycles. The fourth-order valence-corrected chi connectivity index (χ4v) is 5.55. The highest BCUT2D eigenvalue weighted by Gasteiger charge is 2.32. The monoisotopic (exact) mass is 455 g/mol. The zero-order valence-electron chi connectivity index (χ0n) is 17.8. The molecule has 0 spiro atoms. The van der Waals surface area contributed by atoms with Crippen LogP contribution in [0.1, 0.15) is 33.0 Å². The van der Waals surface area contributed by atoms with Crippen molar-refractivity contribution in [1.82, 2.24) is 20.3 Å². The number of carbonyl (C=O) groups excluding carboxylic acids is 1. The Morgan fingerprint density at radius 1 is 1.34 bits per heavy atom. The Hall–Kier alpha value is -2.85. The Labute approximate surface area is 189 Å². The van der Waals surface area contributed by atoms with Crippen molar-refractivity contribution in [3.8, 4) is 0 Å². The molecule has 3 atom stereocenters. The first-order valence-corrected chi connectivity index (χ1v) is 11.6. The van der Waals surface area contributed by atoms with E-state index in [4.69, 9.17) is 16.5 Å². The van der Waals surface area contributed by atoms with Gasteiger partial charge in [0.2, 0.25) is 5.95 Å². The van der Waals surface area contributed by atoms with Gasteiger partial charge in [0.15, 0.2) is 0 Å². The van der Waals surface area contributed by atoms with Crippen LogP contribution < -0.4 is 21.7 Å². The fraction of sp³-hybridized carbons (Fsp3) is 0.455. The number of anilines is 2. The molecule has 0 radical (unpaired) electrons. The predicted molar refractivity (Wildman–Crippen MR) is 124 cm³/mol. The molecule has 5 rings (SSSR count). The highest BCUT2D eigenvalue weighted by Crippen LogP contribution is 2.33. The van der Waals surface area contributed by atoms with Crippen LogP contribution in [0.25, 0.3) is 10.2 Å². The second kappa shape index (κ2) is 8.25. The quantitative estimate of drug-likeness (QED) is 0.550. The molecule has 0 aromatic carbocycles. The first-order valence-electron chi connectivity index (χ1n) is 10.8. The van der Waals surface area contributed by atoms with Crippen LogP contribution in [-0.4, -0.2) is 52.7 Å². The molecular weight excluding hydrogens is 429 g/mol. The van der Waals surface area contributed by atoms with E-state index >= 15 is 0 Å². The molecule has 32 heavy (non-hydrogen) atoms. The lowest BCUT2D eigenvalue weighted by Crippen LogP contribution is -2.39. The maximum atomic E-state index is 13.1. The second-order valence-corrected chi connectivity index (χ2v) is 9.69. The van der Waals surface area contributed by atoms with Crippen LogP contribution in [0.3, 0.4) is 0 Å². The van der Waals surface area contributed by atoms with Gasteiger partial charge in [-0.1, -0.05) is 0 Å². The van der Waals surface area contributed by atoms with Crippen LogP contribution in [0.5, 0.6) is 0 Å². The lowest BCUT2D eigenvalue weighted by molar-refractivity contribution is 0.0938. The lowest BCUT2D eigenvalue weighted by Gasteiger charge is -2.26. The molecule has 3 aromatic rings. The number of rotatable bonds is 4. The molecule has 8 nitrogen and oxygen atoms in total. The van der Waals surface area contributed by atoms with Crippen molar-refractivity contribution < 1.29 is 9.18 Å². The summed E-state index contributed by atoms with van der Waals surface area (Å²) in [5, 5.41) is 3.94. The summed E-state index contributed by atoms with van der Waals surface area (Å²) in [6.07, 6.45) is 4.01. The number of pyridine rings is 1. The summed E-state index contributed by atoms with van der Waals surface area (Å²) < 4.78 is 13.1. The molecule has 0 saturated carbocycles. The smallest absolute Gasteiger partial charge is 0.263 e. The summed E-state index contributed by atoms with van der Waals surface area (Å²) in [6.45, 7) is 2.60. The van der Waals surface area contributed by atoms with Crippen LogP contribution in [0.2, 0.25) is 0 Å². The first-order chi connectivity index (χ1) is 15.4. The number of aryl methyl sites for hydroxylation is 2. The van der Waals surface area contributed by atoms with Crippen molar-refractivity contribution in [2.75, 3.05) is 30.4 Å². The van der Waals surface area contributed by atoms with E-state index in [1.54, 1.807) is 0 Å². The molecule has 4 heterocycles. The normalized spacial score (nSPS) is 22.8. The third-order valence-corrected chi connectivity index (χ3v) is 7.50. The van der Waals surface area contributed by atoms with E-state index < -0.39 is 6.67 Å². The van der Waals surface area contributed by atoms with Gasteiger partial charge < -0.3 is 21.7 Å². The summed E-state index contributed by atoms with van der Waals surface area (Å²) in [6, 6.07) is 3.60. The highest BCUT2D eigenvalue weighted by molar-refractivity contribution is 7.21. The number of aromatic nitrogens is 3. The number of alkyl halides is 1.